The van der Waals surface area contributed by atoms with Crippen LogP contribution in [0.4, 0.5) is 4.39 Å². The van der Waals surface area contributed by atoms with Crippen LogP contribution in [0.1, 0.15) is 21.8 Å². The molecule has 0 aliphatic heterocycles. The molecule has 4 nitrogen and oxygen atoms in total. The molecule has 0 saturated heterocycles. The summed E-state index contributed by atoms with van der Waals surface area (Å²) in [7, 11) is 0. The molecule has 0 aliphatic carbocycles. The van der Waals surface area contributed by atoms with Crippen LogP contribution in [-0.4, -0.2) is 16.1 Å². The van der Waals surface area contributed by atoms with Crippen LogP contribution < -0.4 is 0 Å². The van der Waals surface area contributed by atoms with Gasteiger partial charge in [-0.15, -0.1) is 0 Å². The molecule has 0 unspecified atom stereocenters. The van der Waals surface area contributed by atoms with E-state index in [4.69, 9.17) is 9.52 Å². The zero-order valence-corrected chi connectivity index (χ0v) is 10.5. The van der Waals surface area contributed by atoms with Gasteiger partial charge in [0.15, 0.2) is 0 Å². The average molecular weight is 267 g/mol. The summed E-state index contributed by atoms with van der Waals surface area (Å²) in [5.41, 5.74) is 0.644. The van der Waals surface area contributed by atoms with Crippen LogP contribution >= 0.6 is 11.8 Å². The van der Waals surface area contributed by atoms with E-state index in [1.54, 1.807) is 13.8 Å². The van der Waals surface area contributed by atoms with E-state index in [-0.39, 0.29) is 5.56 Å². The highest BCUT2D eigenvalue weighted by molar-refractivity contribution is 7.99. The molecule has 94 valence electrons. The molecular weight excluding hydrogens is 257 g/mol. The molecule has 18 heavy (non-hydrogen) atoms. The standard InChI is InChI=1S/C12H10FNO3S/c1-6-7(2)17-12(14-6)18-10-4-3-8(13)5-9(10)11(15)16/h3-5H,1-2H3,(H,15,16). The van der Waals surface area contributed by atoms with Gasteiger partial charge in [-0.2, -0.15) is 0 Å². The molecule has 0 saturated carbocycles. The summed E-state index contributed by atoms with van der Waals surface area (Å²) in [5, 5.41) is 9.34. The number of carboxylic acids is 1. The predicted molar refractivity (Wildman–Crippen MR) is 63.5 cm³/mol. The Hall–Kier alpha value is -1.82. The van der Waals surface area contributed by atoms with Crippen LogP contribution in [0.25, 0.3) is 0 Å². The molecule has 0 bridgehead atoms. The van der Waals surface area contributed by atoms with Crippen molar-refractivity contribution in [3.63, 3.8) is 0 Å². The SMILES string of the molecule is Cc1nc(Sc2ccc(F)cc2C(=O)O)oc1C. The fraction of sp³-hybridized carbons (Fsp3) is 0.167. The smallest absolute Gasteiger partial charge is 0.336 e. The van der Waals surface area contributed by atoms with Gasteiger partial charge in [0, 0.05) is 4.90 Å². The molecule has 2 aromatic rings. The minimum atomic E-state index is -1.18. The number of halogens is 1. The van der Waals surface area contributed by atoms with Crippen LogP contribution in [0.3, 0.4) is 0 Å². The number of aryl methyl sites for hydroxylation is 2. The van der Waals surface area contributed by atoms with Gasteiger partial charge in [-0.3, -0.25) is 0 Å². The summed E-state index contributed by atoms with van der Waals surface area (Å²) in [5.74, 6) is -1.09. The van der Waals surface area contributed by atoms with E-state index in [9.17, 15) is 9.18 Å². The number of nitrogens with zero attached hydrogens (tertiary/aromatic N) is 1. The first kappa shape index (κ1) is 12.6. The number of rotatable bonds is 3. The fourth-order valence-electron chi connectivity index (χ4n) is 1.34. The molecule has 1 aromatic heterocycles. The van der Waals surface area contributed by atoms with Crippen molar-refractivity contribution in [2.24, 2.45) is 0 Å². The number of hydrogen-bond donors (Lipinski definition) is 1. The monoisotopic (exact) mass is 267 g/mol. The summed E-state index contributed by atoms with van der Waals surface area (Å²) < 4.78 is 18.4. The van der Waals surface area contributed by atoms with Gasteiger partial charge in [0.2, 0.25) is 0 Å². The van der Waals surface area contributed by atoms with E-state index in [0.717, 1.165) is 23.5 Å². The summed E-state index contributed by atoms with van der Waals surface area (Å²) in [6.07, 6.45) is 0. The summed E-state index contributed by atoms with van der Waals surface area (Å²) in [6, 6.07) is 3.59. The molecule has 0 aliphatic rings. The van der Waals surface area contributed by atoms with Crippen molar-refractivity contribution in [1.82, 2.24) is 4.98 Å². The lowest BCUT2D eigenvalue weighted by Gasteiger charge is -2.02. The Morgan fingerprint density at radius 3 is 2.72 bits per heavy atom. The summed E-state index contributed by atoms with van der Waals surface area (Å²) in [4.78, 5) is 15.5. The van der Waals surface area contributed by atoms with Crippen LogP contribution in [-0.2, 0) is 0 Å². The van der Waals surface area contributed by atoms with Crippen molar-refractivity contribution in [1.29, 1.82) is 0 Å². The van der Waals surface area contributed by atoms with Gasteiger partial charge in [0.25, 0.3) is 5.22 Å². The Morgan fingerprint density at radius 1 is 1.44 bits per heavy atom. The van der Waals surface area contributed by atoms with Crippen LogP contribution in [0, 0.1) is 19.7 Å². The summed E-state index contributed by atoms with van der Waals surface area (Å²) >= 11 is 1.06. The highest BCUT2D eigenvalue weighted by atomic mass is 32.2. The molecule has 6 heteroatoms. The maximum absolute atomic E-state index is 13.0. The number of oxazole rings is 1. The lowest BCUT2D eigenvalue weighted by Crippen LogP contribution is -1.99. The van der Waals surface area contributed by atoms with Crippen molar-refractivity contribution in [2.45, 2.75) is 24.0 Å². The van der Waals surface area contributed by atoms with Crippen LogP contribution in [0.15, 0.2) is 32.7 Å². The quantitative estimate of drug-likeness (QED) is 0.924. The minimum absolute atomic E-state index is 0.103. The van der Waals surface area contributed by atoms with Crippen molar-refractivity contribution in [2.75, 3.05) is 0 Å². The largest absolute Gasteiger partial charge is 0.478 e. The number of hydrogen-bond acceptors (Lipinski definition) is 4. The second kappa shape index (κ2) is 4.81. The lowest BCUT2D eigenvalue weighted by molar-refractivity contribution is 0.0692. The van der Waals surface area contributed by atoms with E-state index in [2.05, 4.69) is 4.98 Å². The Kier molecular flexibility index (Phi) is 3.38. The molecule has 0 amide bonds. The van der Waals surface area contributed by atoms with Gasteiger partial charge < -0.3 is 9.52 Å². The molecule has 0 fully saturated rings. The highest BCUT2D eigenvalue weighted by Crippen LogP contribution is 2.31. The number of carbonyl (C=O) groups is 1. The molecule has 1 heterocycles. The van der Waals surface area contributed by atoms with Gasteiger partial charge in [-0.25, -0.2) is 14.2 Å². The van der Waals surface area contributed by atoms with Crippen molar-refractivity contribution >= 4 is 17.7 Å². The molecule has 1 aromatic carbocycles. The first-order chi connectivity index (χ1) is 8.47. The molecule has 0 radical (unpaired) electrons. The molecule has 0 spiro atoms. The zero-order valence-electron chi connectivity index (χ0n) is 9.73. The minimum Gasteiger partial charge on any atom is -0.478 e. The average Bonchev–Trinajstić information content (AvgIpc) is 2.60. The third kappa shape index (κ3) is 2.53. The third-order valence-corrected chi connectivity index (χ3v) is 3.30. The predicted octanol–water partition coefficient (Wildman–Crippen LogP) is 3.28. The Labute approximate surface area is 107 Å². The Balaban J connectivity index is 2.36. The Bertz CT molecular complexity index is 590. The third-order valence-electron chi connectivity index (χ3n) is 2.38. The maximum atomic E-state index is 13.0. The van der Waals surface area contributed by atoms with Crippen molar-refractivity contribution < 1.29 is 18.7 Å². The highest BCUT2D eigenvalue weighted by Gasteiger charge is 2.15. The van der Waals surface area contributed by atoms with Gasteiger partial charge in [-0.05, 0) is 43.8 Å². The number of carboxylic acid groups (broad SMARTS) is 1. The first-order valence-electron chi connectivity index (χ1n) is 5.12. The van der Waals surface area contributed by atoms with E-state index in [1.165, 1.54) is 12.1 Å². The van der Waals surface area contributed by atoms with E-state index < -0.39 is 11.8 Å². The normalized spacial score (nSPS) is 10.6. The second-order valence-electron chi connectivity index (χ2n) is 3.67. The van der Waals surface area contributed by atoms with E-state index >= 15 is 0 Å². The van der Waals surface area contributed by atoms with Crippen LogP contribution in [0.5, 0.6) is 0 Å². The number of aromatic nitrogens is 1. The molecule has 2 rings (SSSR count). The van der Waals surface area contributed by atoms with Gasteiger partial charge >= 0.3 is 5.97 Å². The van der Waals surface area contributed by atoms with Gasteiger partial charge in [0.1, 0.15) is 11.6 Å². The second-order valence-corrected chi connectivity index (χ2v) is 4.66. The van der Waals surface area contributed by atoms with Gasteiger partial charge in [0.05, 0.1) is 11.3 Å². The maximum Gasteiger partial charge on any atom is 0.336 e. The molecule has 0 atom stereocenters. The summed E-state index contributed by atoms with van der Waals surface area (Å²) in [6.45, 7) is 3.57. The zero-order chi connectivity index (χ0) is 13.3. The molecular formula is C12H10FNO3S. The fourth-order valence-corrected chi connectivity index (χ4v) is 2.27. The molecule has 1 N–H and O–H groups in total. The van der Waals surface area contributed by atoms with Gasteiger partial charge in [-0.1, -0.05) is 0 Å². The van der Waals surface area contributed by atoms with Crippen molar-refractivity contribution in [3.05, 3.63) is 41.0 Å². The van der Waals surface area contributed by atoms with E-state index in [1.807, 2.05) is 0 Å². The first-order valence-corrected chi connectivity index (χ1v) is 5.93. The topological polar surface area (TPSA) is 63.3 Å². The number of benzene rings is 1. The lowest BCUT2D eigenvalue weighted by atomic mass is 10.2. The Morgan fingerprint density at radius 2 is 2.17 bits per heavy atom. The van der Waals surface area contributed by atoms with Crippen molar-refractivity contribution in [3.8, 4) is 0 Å². The number of aromatic carboxylic acids is 1. The van der Waals surface area contributed by atoms with Crippen LogP contribution in [0.2, 0.25) is 0 Å². The van der Waals surface area contributed by atoms with E-state index in [0.29, 0.717) is 15.9 Å².